The first kappa shape index (κ1) is 12.8. The molecule has 0 unspecified atom stereocenters. The molecule has 1 heterocycles. The Bertz CT molecular complexity index is 603. The largest absolute Gasteiger partial charge is 0.323 e. The maximum absolute atomic E-state index is 6.11. The van der Waals surface area contributed by atoms with E-state index in [0.29, 0.717) is 0 Å². The fraction of sp³-hybridized carbons (Fsp3) is 0.200. The minimum Gasteiger partial charge on any atom is -0.231 e. The summed E-state index contributed by atoms with van der Waals surface area (Å²) in [5.74, 6) is 0.924. The third-order valence-electron chi connectivity index (χ3n) is 2.90. The number of halogens is 1. The van der Waals surface area contributed by atoms with E-state index in [4.69, 9.17) is 11.6 Å². The summed E-state index contributed by atoms with van der Waals surface area (Å²) in [6, 6.07) is 9.83. The van der Waals surface area contributed by atoms with Crippen LogP contribution < -0.4 is 4.57 Å². The van der Waals surface area contributed by atoms with E-state index in [2.05, 4.69) is 22.5 Å². The van der Waals surface area contributed by atoms with E-state index in [1.807, 2.05) is 50.4 Å². The zero-order valence-electron chi connectivity index (χ0n) is 10.8. The third kappa shape index (κ3) is 2.77. The lowest BCUT2D eigenvalue weighted by Crippen LogP contribution is -2.36. The molecule has 0 atom stereocenters. The third-order valence-corrected chi connectivity index (χ3v) is 3.24. The van der Waals surface area contributed by atoms with Gasteiger partial charge in [-0.2, -0.15) is 0 Å². The molecule has 3 heteroatoms. The van der Waals surface area contributed by atoms with Crippen molar-refractivity contribution in [3.8, 4) is 0 Å². The second-order valence-corrected chi connectivity index (χ2v) is 4.72. The van der Waals surface area contributed by atoms with Gasteiger partial charge in [-0.25, -0.2) is 4.57 Å². The summed E-state index contributed by atoms with van der Waals surface area (Å²) in [5.41, 5.74) is 3.20. The first-order chi connectivity index (χ1) is 8.58. The molecule has 0 radical (unpaired) electrons. The molecule has 0 aliphatic carbocycles. The van der Waals surface area contributed by atoms with Crippen molar-refractivity contribution in [2.75, 3.05) is 0 Å². The van der Waals surface area contributed by atoms with Gasteiger partial charge < -0.3 is 0 Å². The number of aryl methyl sites for hydroxylation is 2. The molecule has 1 aromatic carbocycles. The van der Waals surface area contributed by atoms with Crippen LogP contribution >= 0.6 is 11.6 Å². The fourth-order valence-electron chi connectivity index (χ4n) is 1.79. The molecule has 0 saturated carbocycles. The lowest BCUT2D eigenvalue weighted by Gasteiger charge is -2.00. The quantitative estimate of drug-likeness (QED) is 0.756. The van der Waals surface area contributed by atoms with Crippen LogP contribution in [0.5, 0.6) is 0 Å². The van der Waals surface area contributed by atoms with Crippen molar-refractivity contribution in [3.63, 3.8) is 0 Å². The summed E-state index contributed by atoms with van der Waals surface area (Å²) in [6.45, 7) is 4.07. The smallest absolute Gasteiger partial charge is 0.231 e. The summed E-state index contributed by atoms with van der Waals surface area (Å²) >= 11 is 6.11. The molecule has 0 aliphatic rings. The van der Waals surface area contributed by atoms with Crippen LogP contribution in [0.15, 0.2) is 30.3 Å². The summed E-state index contributed by atoms with van der Waals surface area (Å²) < 4.78 is 2.06. The molecule has 0 amide bonds. The molecule has 0 N–H and O–H groups in total. The fourth-order valence-corrected chi connectivity index (χ4v) is 1.99. The van der Waals surface area contributed by atoms with Crippen molar-refractivity contribution in [2.24, 2.45) is 7.05 Å². The van der Waals surface area contributed by atoms with Gasteiger partial charge in [0.05, 0.1) is 7.05 Å². The van der Waals surface area contributed by atoms with Gasteiger partial charge in [0.25, 0.3) is 0 Å². The van der Waals surface area contributed by atoms with Crippen molar-refractivity contribution < 1.29 is 4.57 Å². The van der Waals surface area contributed by atoms with E-state index in [9.17, 15) is 0 Å². The highest BCUT2D eigenvalue weighted by atomic mass is 35.5. The van der Waals surface area contributed by atoms with Crippen LogP contribution in [0.1, 0.15) is 22.8 Å². The van der Waals surface area contributed by atoms with Crippen molar-refractivity contribution >= 4 is 23.8 Å². The van der Waals surface area contributed by atoms with Crippen molar-refractivity contribution in [1.82, 2.24) is 4.98 Å². The molecule has 2 aromatic rings. The number of aromatic nitrogens is 2. The van der Waals surface area contributed by atoms with E-state index in [1.165, 1.54) is 5.69 Å². The van der Waals surface area contributed by atoms with E-state index < -0.39 is 0 Å². The maximum Gasteiger partial charge on any atom is 0.323 e. The normalized spacial score (nSPS) is 11.1. The predicted molar refractivity (Wildman–Crippen MR) is 75.3 cm³/mol. The van der Waals surface area contributed by atoms with Gasteiger partial charge in [-0.05, 0) is 29.6 Å². The summed E-state index contributed by atoms with van der Waals surface area (Å²) in [7, 11) is 2.01. The highest BCUT2D eigenvalue weighted by Crippen LogP contribution is 2.17. The van der Waals surface area contributed by atoms with Gasteiger partial charge in [0.15, 0.2) is 5.69 Å². The average Bonchev–Trinajstić information content (AvgIpc) is 2.33. The van der Waals surface area contributed by atoms with Crippen molar-refractivity contribution in [2.45, 2.75) is 13.8 Å². The number of rotatable bonds is 2. The monoisotopic (exact) mass is 259 g/mol. The highest BCUT2D eigenvalue weighted by Gasteiger charge is 2.09. The number of hydrogen-bond donors (Lipinski definition) is 0. The predicted octanol–water partition coefficient (Wildman–Crippen LogP) is 3.35. The molecule has 18 heavy (non-hydrogen) atoms. The topological polar surface area (TPSA) is 16.8 Å². The molecule has 0 bridgehead atoms. The minimum absolute atomic E-state index is 0.751. The SMILES string of the molecule is Cc1cc(C)[n+](C)c(/C=C/c2ccccc2Cl)n1. The van der Waals surface area contributed by atoms with Crippen LogP contribution in [-0.2, 0) is 7.05 Å². The number of benzene rings is 1. The van der Waals surface area contributed by atoms with Crippen molar-refractivity contribution in [1.29, 1.82) is 0 Å². The molecule has 0 aliphatic heterocycles. The average molecular weight is 260 g/mol. The standard InChI is InChI=1S/C15H16ClN2/c1-11-10-12(2)18(3)15(17-11)9-8-13-6-4-5-7-14(13)16/h4-10H,1-3H3/q+1/b9-8+. The van der Waals surface area contributed by atoms with Crippen molar-refractivity contribution in [3.05, 3.63) is 58.1 Å². The lowest BCUT2D eigenvalue weighted by molar-refractivity contribution is -0.682. The highest BCUT2D eigenvalue weighted by molar-refractivity contribution is 6.32. The Kier molecular flexibility index (Phi) is 3.78. The van der Waals surface area contributed by atoms with E-state index >= 15 is 0 Å². The maximum atomic E-state index is 6.11. The Labute approximate surface area is 113 Å². The van der Waals surface area contributed by atoms with Gasteiger partial charge in [-0.15, -0.1) is 0 Å². The van der Waals surface area contributed by atoms with Crippen LogP contribution in [0.25, 0.3) is 12.2 Å². The summed E-state index contributed by atoms with van der Waals surface area (Å²) in [4.78, 5) is 4.51. The van der Waals surface area contributed by atoms with Gasteiger partial charge in [0, 0.05) is 24.1 Å². The Morgan fingerprint density at radius 1 is 1.17 bits per heavy atom. The Morgan fingerprint density at radius 3 is 2.61 bits per heavy atom. The number of hydrogen-bond acceptors (Lipinski definition) is 1. The van der Waals surface area contributed by atoms with E-state index in [0.717, 1.165) is 22.1 Å². The van der Waals surface area contributed by atoms with Gasteiger partial charge in [-0.1, -0.05) is 29.8 Å². The van der Waals surface area contributed by atoms with Crippen LogP contribution in [0.2, 0.25) is 5.02 Å². The molecule has 92 valence electrons. The lowest BCUT2D eigenvalue weighted by atomic mass is 10.2. The van der Waals surface area contributed by atoms with Crippen LogP contribution in [0.4, 0.5) is 0 Å². The molecular formula is C15H16ClN2+. The van der Waals surface area contributed by atoms with Gasteiger partial charge in [0.1, 0.15) is 5.69 Å². The summed E-state index contributed by atoms with van der Waals surface area (Å²) in [5, 5.41) is 0.751. The molecule has 2 nitrogen and oxygen atoms in total. The second kappa shape index (κ2) is 5.32. The molecule has 0 fully saturated rings. The second-order valence-electron chi connectivity index (χ2n) is 4.31. The van der Waals surface area contributed by atoms with Gasteiger partial charge >= 0.3 is 5.82 Å². The van der Waals surface area contributed by atoms with E-state index in [-0.39, 0.29) is 0 Å². The van der Waals surface area contributed by atoms with E-state index in [1.54, 1.807) is 0 Å². The van der Waals surface area contributed by atoms with Crippen LogP contribution in [0.3, 0.4) is 0 Å². The molecular weight excluding hydrogens is 244 g/mol. The number of nitrogens with zero attached hydrogens (tertiary/aromatic N) is 2. The molecule has 1 aromatic heterocycles. The van der Waals surface area contributed by atoms with Gasteiger partial charge in [0.2, 0.25) is 0 Å². The Morgan fingerprint density at radius 2 is 1.89 bits per heavy atom. The van der Waals surface area contributed by atoms with Crippen LogP contribution in [-0.4, -0.2) is 4.98 Å². The Balaban J connectivity index is 2.38. The molecule has 0 spiro atoms. The minimum atomic E-state index is 0.751. The summed E-state index contributed by atoms with van der Waals surface area (Å²) in [6.07, 6.45) is 3.98. The molecule has 0 saturated heterocycles. The first-order valence-electron chi connectivity index (χ1n) is 5.85. The van der Waals surface area contributed by atoms with Gasteiger partial charge in [-0.3, -0.25) is 0 Å². The zero-order chi connectivity index (χ0) is 13.1. The van der Waals surface area contributed by atoms with Crippen LogP contribution in [0, 0.1) is 13.8 Å². The zero-order valence-corrected chi connectivity index (χ0v) is 11.6. The Hall–Kier alpha value is -1.67. The first-order valence-corrected chi connectivity index (χ1v) is 6.22. The molecule has 2 rings (SSSR count).